The van der Waals surface area contributed by atoms with E-state index >= 15 is 0 Å². The number of rotatable bonds is 4. The molecule has 0 unspecified atom stereocenters. The zero-order valence-electron chi connectivity index (χ0n) is 11.6. The molecule has 3 aromatic rings. The Balaban J connectivity index is 1.80. The van der Waals surface area contributed by atoms with Crippen LogP contribution in [0.4, 0.5) is 5.69 Å². The minimum atomic E-state index is -0.318. The number of halogens is 2. The van der Waals surface area contributed by atoms with Crippen molar-refractivity contribution in [1.82, 2.24) is 14.8 Å². The molecule has 0 aliphatic heterocycles. The summed E-state index contributed by atoms with van der Waals surface area (Å²) < 4.78 is 7.43. The second kappa shape index (κ2) is 6.80. The quantitative estimate of drug-likeness (QED) is 0.682. The number of aromatic nitrogens is 3. The van der Waals surface area contributed by atoms with E-state index in [0.29, 0.717) is 26.8 Å². The lowest BCUT2D eigenvalue weighted by Gasteiger charge is -2.09. The molecule has 0 saturated heterocycles. The summed E-state index contributed by atoms with van der Waals surface area (Å²) in [5, 5.41) is 7.32. The normalized spacial score (nSPS) is 11.0. The molecule has 2 aromatic heterocycles. The lowest BCUT2D eigenvalue weighted by atomic mass is 10.2. The van der Waals surface area contributed by atoms with Gasteiger partial charge in [0.15, 0.2) is 4.67 Å². The molecule has 0 aliphatic carbocycles. The predicted octanol–water partition coefficient (Wildman–Crippen LogP) is 3.93. The van der Waals surface area contributed by atoms with Gasteiger partial charge in [-0.25, -0.2) is 9.67 Å². The number of hydrogen-bond acceptors (Lipinski definition) is 4. The Kier molecular flexibility index (Phi) is 4.59. The molecule has 6 nitrogen and oxygen atoms in total. The van der Waals surface area contributed by atoms with E-state index in [2.05, 4.69) is 31.3 Å². The first kappa shape index (κ1) is 15.5. The number of carbonyl (C=O) groups is 1. The van der Waals surface area contributed by atoms with Crippen LogP contribution in [-0.2, 0) is 4.79 Å². The molecule has 3 rings (SSSR count). The number of nitrogens with one attached hydrogen (secondary N) is 1. The molecule has 1 aromatic carbocycles. The number of hydrogen-bond donors (Lipinski definition) is 1. The summed E-state index contributed by atoms with van der Waals surface area (Å²) in [5.41, 5.74) is 1.19. The minimum Gasteiger partial charge on any atom is -0.450 e. The smallest absolute Gasteiger partial charge is 0.248 e. The van der Waals surface area contributed by atoms with Gasteiger partial charge in [-0.2, -0.15) is 5.10 Å². The summed E-state index contributed by atoms with van der Waals surface area (Å²) in [6, 6.07) is 8.60. The zero-order valence-corrected chi connectivity index (χ0v) is 14.0. The van der Waals surface area contributed by atoms with Crippen LogP contribution < -0.4 is 5.32 Å². The fourth-order valence-corrected chi connectivity index (χ4v) is 2.38. The molecular formula is C15H10BrClN4O2. The van der Waals surface area contributed by atoms with Crippen LogP contribution in [0.1, 0.15) is 5.76 Å². The molecule has 116 valence electrons. The third-order valence-electron chi connectivity index (χ3n) is 2.88. The second-order valence-electron chi connectivity index (χ2n) is 4.47. The summed E-state index contributed by atoms with van der Waals surface area (Å²) >= 11 is 9.20. The lowest BCUT2D eigenvalue weighted by Crippen LogP contribution is -2.11. The second-order valence-corrected chi connectivity index (χ2v) is 5.68. The standard InChI is InChI=1S/C15H10BrClN4O2/c16-14-5-2-11(23-14)3-6-15(22)20-12-7-10(17)1-4-13(12)21-9-18-8-19-21/h1-9H,(H,20,22)/b6-3+. The van der Waals surface area contributed by atoms with Crippen molar-refractivity contribution in [2.75, 3.05) is 5.32 Å². The van der Waals surface area contributed by atoms with Crippen molar-refractivity contribution in [3.63, 3.8) is 0 Å². The van der Waals surface area contributed by atoms with E-state index in [1.54, 1.807) is 41.1 Å². The summed E-state index contributed by atoms with van der Waals surface area (Å²) in [7, 11) is 0. The van der Waals surface area contributed by atoms with Crippen LogP contribution in [0, 0.1) is 0 Å². The highest BCUT2D eigenvalue weighted by molar-refractivity contribution is 9.10. The highest BCUT2D eigenvalue weighted by Gasteiger charge is 2.08. The Morgan fingerprint density at radius 1 is 1.35 bits per heavy atom. The van der Waals surface area contributed by atoms with Gasteiger partial charge in [0.1, 0.15) is 18.4 Å². The molecule has 0 aliphatic rings. The van der Waals surface area contributed by atoms with Crippen LogP contribution in [0.2, 0.25) is 5.02 Å². The van der Waals surface area contributed by atoms with Gasteiger partial charge in [-0.3, -0.25) is 4.79 Å². The topological polar surface area (TPSA) is 73.0 Å². The fraction of sp³-hybridized carbons (Fsp3) is 0. The molecule has 23 heavy (non-hydrogen) atoms. The van der Waals surface area contributed by atoms with Crippen LogP contribution in [0.25, 0.3) is 11.8 Å². The molecule has 0 fully saturated rings. The largest absolute Gasteiger partial charge is 0.450 e. The first-order chi connectivity index (χ1) is 11.1. The van der Waals surface area contributed by atoms with Gasteiger partial charge in [-0.15, -0.1) is 0 Å². The maximum absolute atomic E-state index is 12.1. The Morgan fingerprint density at radius 3 is 2.91 bits per heavy atom. The number of anilines is 1. The van der Waals surface area contributed by atoms with Crippen molar-refractivity contribution < 1.29 is 9.21 Å². The first-order valence-corrected chi connectivity index (χ1v) is 7.68. The minimum absolute atomic E-state index is 0.318. The van der Waals surface area contributed by atoms with Gasteiger partial charge in [0, 0.05) is 11.1 Å². The van der Waals surface area contributed by atoms with Gasteiger partial charge in [0.2, 0.25) is 5.91 Å². The average Bonchev–Trinajstić information content (AvgIpc) is 3.17. The molecular weight excluding hydrogens is 384 g/mol. The van der Waals surface area contributed by atoms with E-state index in [0.717, 1.165) is 0 Å². The average molecular weight is 394 g/mol. The van der Waals surface area contributed by atoms with E-state index in [1.165, 1.54) is 18.7 Å². The Bertz CT molecular complexity index is 858. The van der Waals surface area contributed by atoms with Crippen LogP contribution >= 0.6 is 27.5 Å². The zero-order chi connectivity index (χ0) is 16.2. The SMILES string of the molecule is O=C(/C=C/c1ccc(Br)o1)Nc1cc(Cl)ccc1-n1cncn1. The maximum Gasteiger partial charge on any atom is 0.248 e. The van der Waals surface area contributed by atoms with Crippen molar-refractivity contribution >= 4 is 45.2 Å². The maximum atomic E-state index is 12.1. The number of furan rings is 1. The first-order valence-electron chi connectivity index (χ1n) is 6.51. The van der Waals surface area contributed by atoms with E-state index in [4.69, 9.17) is 16.0 Å². The van der Waals surface area contributed by atoms with Gasteiger partial charge in [0.05, 0.1) is 11.4 Å². The Labute approximate surface area is 144 Å². The van der Waals surface area contributed by atoms with Crippen molar-refractivity contribution in [2.45, 2.75) is 0 Å². The Hall–Kier alpha value is -2.38. The van der Waals surface area contributed by atoms with E-state index in [-0.39, 0.29) is 5.91 Å². The van der Waals surface area contributed by atoms with Crippen molar-refractivity contribution in [3.8, 4) is 5.69 Å². The third kappa shape index (κ3) is 3.88. The van der Waals surface area contributed by atoms with Crippen molar-refractivity contribution in [2.24, 2.45) is 0 Å². The summed E-state index contributed by atoms with van der Waals surface area (Å²) in [6.07, 6.45) is 5.89. The Morgan fingerprint density at radius 2 is 2.22 bits per heavy atom. The van der Waals surface area contributed by atoms with Crippen LogP contribution in [-0.4, -0.2) is 20.7 Å². The molecule has 8 heteroatoms. The number of carbonyl (C=O) groups excluding carboxylic acids is 1. The number of amides is 1. The van der Waals surface area contributed by atoms with E-state index in [1.807, 2.05) is 0 Å². The molecule has 0 radical (unpaired) electrons. The van der Waals surface area contributed by atoms with Gasteiger partial charge < -0.3 is 9.73 Å². The molecule has 0 saturated carbocycles. The van der Waals surface area contributed by atoms with Crippen molar-refractivity contribution in [3.05, 3.63) is 64.5 Å². The number of nitrogens with zero attached hydrogens (tertiary/aromatic N) is 3. The molecule has 0 spiro atoms. The van der Waals surface area contributed by atoms with Gasteiger partial charge in [0.25, 0.3) is 0 Å². The van der Waals surface area contributed by atoms with Gasteiger partial charge in [-0.1, -0.05) is 11.6 Å². The van der Waals surface area contributed by atoms with Gasteiger partial charge in [-0.05, 0) is 52.3 Å². The lowest BCUT2D eigenvalue weighted by molar-refractivity contribution is -0.111. The van der Waals surface area contributed by atoms with Crippen LogP contribution in [0.15, 0.2) is 58.1 Å². The monoisotopic (exact) mass is 392 g/mol. The molecule has 2 heterocycles. The predicted molar refractivity (Wildman–Crippen MR) is 90.4 cm³/mol. The summed E-state index contributed by atoms with van der Waals surface area (Å²) in [6.45, 7) is 0. The molecule has 0 atom stereocenters. The van der Waals surface area contributed by atoms with Crippen molar-refractivity contribution in [1.29, 1.82) is 0 Å². The van der Waals surface area contributed by atoms with E-state index < -0.39 is 0 Å². The van der Waals surface area contributed by atoms with Gasteiger partial charge >= 0.3 is 0 Å². The summed E-state index contributed by atoms with van der Waals surface area (Å²) in [5.74, 6) is 0.246. The highest BCUT2D eigenvalue weighted by Crippen LogP contribution is 2.24. The fourth-order valence-electron chi connectivity index (χ4n) is 1.89. The van der Waals surface area contributed by atoms with Crippen LogP contribution in [0.5, 0.6) is 0 Å². The third-order valence-corrected chi connectivity index (χ3v) is 3.54. The summed E-state index contributed by atoms with van der Waals surface area (Å²) in [4.78, 5) is 16.0. The number of benzene rings is 1. The highest BCUT2D eigenvalue weighted by atomic mass is 79.9. The molecule has 0 bridgehead atoms. The van der Waals surface area contributed by atoms with Crippen LogP contribution in [0.3, 0.4) is 0 Å². The molecule has 1 amide bonds. The van der Waals surface area contributed by atoms with E-state index in [9.17, 15) is 4.79 Å². The molecule has 1 N–H and O–H groups in total.